The van der Waals surface area contributed by atoms with Gasteiger partial charge in [0.15, 0.2) is 0 Å². The van der Waals surface area contributed by atoms with Crippen molar-refractivity contribution in [2.75, 3.05) is 0 Å². The first kappa shape index (κ1) is 12.9. The van der Waals surface area contributed by atoms with Crippen molar-refractivity contribution in [1.82, 2.24) is 9.95 Å². The first-order valence-corrected chi connectivity index (χ1v) is 5.17. The second kappa shape index (κ2) is 4.80. The van der Waals surface area contributed by atoms with Crippen LogP contribution < -0.4 is 5.43 Å². The van der Waals surface area contributed by atoms with Crippen molar-refractivity contribution in [3.8, 4) is 0 Å². The maximum Gasteiger partial charge on any atom is 0.266 e. The Hall–Kier alpha value is -1.13. The molecule has 1 aromatic carbocycles. The summed E-state index contributed by atoms with van der Waals surface area (Å²) >= 11 is 5.85. The highest BCUT2D eigenvalue weighted by Crippen LogP contribution is 2.13. The van der Waals surface area contributed by atoms with Crippen molar-refractivity contribution in [2.24, 2.45) is 0 Å². The molecule has 5 heteroatoms. The van der Waals surface area contributed by atoms with Gasteiger partial charge in [-0.1, -0.05) is 6.07 Å². The van der Waals surface area contributed by atoms with E-state index in [-0.39, 0.29) is 5.56 Å². The Kier molecular flexibility index (Phi) is 3.88. The summed E-state index contributed by atoms with van der Waals surface area (Å²) in [6, 6.07) is 5.42. The lowest BCUT2D eigenvalue weighted by atomic mass is 10.1. The molecule has 0 bridgehead atoms. The zero-order valence-corrected chi connectivity index (χ0v) is 10.2. The van der Waals surface area contributed by atoms with Crippen molar-refractivity contribution >= 4 is 17.7 Å². The monoisotopic (exact) mass is 244 g/mol. The van der Waals surface area contributed by atoms with E-state index in [0.717, 1.165) is 6.07 Å². The van der Waals surface area contributed by atoms with E-state index in [1.165, 1.54) is 22.7 Å². The van der Waals surface area contributed by atoms with Crippen LogP contribution >= 0.6 is 11.8 Å². The molecule has 0 aliphatic rings. The molecule has 3 nitrogen and oxygen atoms in total. The quantitative estimate of drug-likeness (QED) is 0.641. The van der Waals surface area contributed by atoms with Crippen LogP contribution in [-0.4, -0.2) is 16.0 Å². The molecule has 0 radical (unpaired) electrons. The van der Waals surface area contributed by atoms with Crippen LogP contribution in [0.5, 0.6) is 0 Å². The molecular weight excluding hydrogens is 231 g/mol. The van der Waals surface area contributed by atoms with E-state index < -0.39 is 17.3 Å². The molecule has 0 atom stereocenters. The summed E-state index contributed by atoms with van der Waals surface area (Å²) in [5.74, 6) is -0.894. The lowest BCUT2D eigenvalue weighted by Crippen LogP contribution is -2.46. The molecule has 1 rings (SSSR count). The van der Waals surface area contributed by atoms with Crippen LogP contribution in [0.1, 0.15) is 31.1 Å². The number of rotatable bonds is 2. The summed E-state index contributed by atoms with van der Waals surface area (Å²) < 4.78 is 14.0. The largest absolute Gasteiger partial charge is 0.270 e. The fourth-order valence-corrected chi connectivity index (χ4v) is 1.03. The van der Waals surface area contributed by atoms with E-state index in [0.29, 0.717) is 0 Å². The van der Waals surface area contributed by atoms with E-state index in [9.17, 15) is 9.18 Å². The predicted molar refractivity (Wildman–Crippen MR) is 61.3 cm³/mol. The molecule has 16 heavy (non-hydrogen) atoms. The molecule has 0 heterocycles. The van der Waals surface area contributed by atoms with Gasteiger partial charge in [-0.3, -0.25) is 10.2 Å². The SMILES string of the molecule is CC(C)(C)N(Cl)NC(=O)c1cccc(F)c1. The molecule has 1 amide bonds. The maximum absolute atomic E-state index is 12.9. The molecule has 0 spiro atoms. The topological polar surface area (TPSA) is 32.3 Å². The maximum atomic E-state index is 12.9. The van der Waals surface area contributed by atoms with E-state index in [2.05, 4.69) is 5.43 Å². The summed E-state index contributed by atoms with van der Waals surface area (Å²) in [5.41, 5.74) is 2.28. The summed E-state index contributed by atoms with van der Waals surface area (Å²) in [7, 11) is 0. The summed E-state index contributed by atoms with van der Waals surface area (Å²) in [6.45, 7) is 5.52. The van der Waals surface area contributed by atoms with Gasteiger partial charge in [-0.2, -0.15) is 0 Å². The van der Waals surface area contributed by atoms with Crippen molar-refractivity contribution in [3.05, 3.63) is 35.6 Å². The van der Waals surface area contributed by atoms with Gasteiger partial charge >= 0.3 is 0 Å². The molecule has 0 saturated heterocycles. The Labute approximate surface area is 99.3 Å². The third-order valence-electron chi connectivity index (χ3n) is 1.88. The van der Waals surface area contributed by atoms with Gasteiger partial charge in [0.2, 0.25) is 0 Å². The zero-order chi connectivity index (χ0) is 12.3. The standard InChI is InChI=1S/C11H14ClFN2O/c1-11(2,3)15(12)14-10(16)8-5-4-6-9(13)7-8/h4-7H,1-3H3,(H,14,16). The highest BCUT2D eigenvalue weighted by atomic mass is 35.5. The number of carbonyl (C=O) groups is 1. The highest BCUT2D eigenvalue weighted by molar-refractivity contribution is 6.14. The van der Waals surface area contributed by atoms with E-state index >= 15 is 0 Å². The van der Waals surface area contributed by atoms with Gasteiger partial charge in [-0.25, -0.2) is 4.39 Å². The van der Waals surface area contributed by atoms with Crippen molar-refractivity contribution in [1.29, 1.82) is 0 Å². The average Bonchev–Trinajstić information content (AvgIpc) is 2.16. The van der Waals surface area contributed by atoms with Crippen molar-refractivity contribution in [3.63, 3.8) is 0 Å². The number of hydrazine groups is 1. The number of benzene rings is 1. The van der Waals surface area contributed by atoms with Crippen LogP contribution in [0, 0.1) is 5.82 Å². The molecular formula is C11H14ClFN2O. The van der Waals surface area contributed by atoms with Gasteiger partial charge in [0, 0.05) is 22.9 Å². The minimum atomic E-state index is -0.454. The van der Waals surface area contributed by atoms with Crippen LogP contribution in [0.25, 0.3) is 0 Å². The number of nitrogens with zero attached hydrogens (tertiary/aromatic N) is 1. The first-order chi connectivity index (χ1) is 7.30. The number of carbonyl (C=O) groups excluding carboxylic acids is 1. The molecule has 88 valence electrons. The summed E-state index contributed by atoms with van der Waals surface area (Å²) in [5, 5.41) is 0. The molecule has 1 N–H and O–H groups in total. The van der Waals surface area contributed by atoms with E-state index in [1.807, 2.05) is 20.8 Å². The second-order valence-corrected chi connectivity index (χ2v) is 4.74. The normalized spacial score (nSPS) is 11.6. The predicted octanol–water partition coefficient (Wildman–Crippen LogP) is 2.72. The summed E-state index contributed by atoms with van der Waals surface area (Å²) in [6.07, 6.45) is 0. The Bertz CT molecular complexity index is 390. The van der Waals surface area contributed by atoms with Gasteiger partial charge in [0.05, 0.1) is 0 Å². The molecule has 0 unspecified atom stereocenters. The Morgan fingerprint density at radius 3 is 2.56 bits per heavy atom. The van der Waals surface area contributed by atoms with Crippen LogP contribution in [0.4, 0.5) is 4.39 Å². The fraction of sp³-hybridized carbons (Fsp3) is 0.364. The minimum Gasteiger partial charge on any atom is -0.270 e. The number of amides is 1. The zero-order valence-electron chi connectivity index (χ0n) is 9.42. The third-order valence-corrected chi connectivity index (χ3v) is 2.47. The first-order valence-electron chi connectivity index (χ1n) is 4.83. The molecule has 0 aromatic heterocycles. The Morgan fingerprint density at radius 2 is 2.06 bits per heavy atom. The molecule has 0 fully saturated rings. The van der Waals surface area contributed by atoms with Gasteiger partial charge in [0.25, 0.3) is 5.91 Å². The Balaban J connectivity index is 2.74. The van der Waals surface area contributed by atoms with E-state index in [4.69, 9.17) is 11.8 Å². The molecule has 0 saturated carbocycles. The molecule has 1 aromatic rings. The van der Waals surface area contributed by atoms with E-state index in [1.54, 1.807) is 0 Å². The van der Waals surface area contributed by atoms with Crippen LogP contribution in [0.15, 0.2) is 24.3 Å². The Morgan fingerprint density at radius 1 is 1.44 bits per heavy atom. The molecule has 0 aliphatic carbocycles. The summed E-state index contributed by atoms with van der Waals surface area (Å²) in [4.78, 5) is 11.7. The number of hydrogen-bond acceptors (Lipinski definition) is 2. The second-order valence-electron chi connectivity index (χ2n) is 4.40. The average molecular weight is 245 g/mol. The lowest BCUT2D eigenvalue weighted by Gasteiger charge is -2.28. The highest BCUT2D eigenvalue weighted by Gasteiger charge is 2.21. The van der Waals surface area contributed by atoms with Crippen molar-refractivity contribution in [2.45, 2.75) is 26.3 Å². The van der Waals surface area contributed by atoms with Crippen molar-refractivity contribution < 1.29 is 9.18 Å². The fourth-order valence-electron chi connectivity index (χ4n) is 0.951. The van der Waals surface area contributed by atoms with Crippen LogP contribution in [0.3, 0.4) is 0 Å². The van der Waals surface area contributed by atoms with Gasteiger partial charge in [-0.05, 0) is 39.0 Å². The number of nitrogens with one attached hydrogen (secondary N) is 1. The molecule has 0 aliphatic heterocycles. The minimum absolute atomic E-state index is 0.231. The number of hydrogen-bond donors (Lipinski definition) is 1. The third kappa shape index (κ3) is 3.47. The van der Waals surface area contributed by atoms with Gasteiger partial charge < -0.3 is 0 Å². The van der Waals surface area contributed by atoms with Crippen LogP contribution in [-0.2, 0) is 0 Å². The lowest BCUT2D eigenvalue weighted by molar-refractivity contribution is 0.0805. The van der Waals surface area contributed by atoms with Gasteiger partial charge in [0.1, 0.15) is 5.82 Å². The van der Waals surface area contributed by atoms with Gasteiger partial charge in [-0.15, -0.1) is 4.53 Å². The van der Waals surface area contributed by atoms with Crippen LogP contribution in [0.2, 0.25) is 0 Å². The number of halogens is 2. The smallest absolute Gasteiger partial charge is 0.266 e.